The molecule has 1 amide bonds. The number of aryl methyl sites for hydroxylation is 1. The molecule has 25 heavy (non-hydrogen) atoms. The van der Waals surface area contributed by atoms with Crippen LogP contribution in [0, 0.1) is 0 Å². The van der Waals surface area contributed by atoms with Crippen molar-refractivity contribution in [1.82, 2.24) is 5.32 Å². The third kappa shape index (κ3) is 5.47. The molecule has 0 aromatic heterocycles. The van der Waals surface area contributed by atoms with Gasteiger partial charge in [0, 0.05) is 32.4 Å². The van der Waals surface area contributed by atoms with Crippen LogP contribution in [0.3, 0.4) is 0 Å². The third-order valence-electron chi connectivity index (χ3n) is 4.01. The second-order valence-corrected chi connectivity index (χ2v) is 6.02. The summed E-state index contributed by atoms with van der Waals surface area (Å²) in [4.78, 5) is 14.6. The van der Waals surface area contributed by atoms with E-state index < -0.39 is 0 Å². The van der Waals surface area contributed by atoms with Gasteiger partial charge >= 0.3 is 0 Å². The number of carbonyl (C=O) groups excluding carboxylic acids is 1. The number of amides is 1. The molecule has 0 atom stereocenters. The summed E-state index contributed by atoms with van der Waals surface area (Å²) in [6.07, 6.45) is 3.11. The molecule has 2 aromatic carbocycles. The number of nitrogens with one attached hydrogen (secondary N) is 1. The highest BCUT2D eigenvalue weighted by molar-refractivity contribution is 6.00. The molecule has 0 unspecified atom stereocenters. The number of aliphatic hydroxyl groups is 1. The molecule has 4 heteroatoms. The van der Waals surface area contributed by atoms with Crippen LogP contribution in [0.5, 0.6) is 0 Å². The highest BCUT2D eigenvalue weighted by atomic mass is 16.2. The second kappa shape index (κ2) is 9.64. The number of benzene rings is 2. The molecule has 0 aliphatic heterocycles. The van der Waals surface area contributed by atoms with Crippen LogP contribution in [0.4, 0.5) is 5.69 Å². The number of carbonyl (C=O) groups is 1. The summed E-state index contributed by atoms with van der Waals surface area (Å²) in [5.41, 5.74) is 3.77. The topological polar surface area (TPSA) is 52.6 Å². The van der Waals surface area contributed by atoms with Gasteiger partial charge in [0.1, 0.15) is 0 Å². The zero-order valence-corrected chi connectivity index (χ0v) is 14.7. The molecule has 0 heterocycles. The summed E-state index contributed by atoms with van der Waals surface area (Å²) in [5, 5.41) is 11.9. The van der Waals surface area contributed by atoms with Crippen molar-refractivity contribution in [2.24, 2.45) is 0 Å². The van der Waals surface area contributed by atoms with Crippen molar-refractivity contribution in [3.05, 3.63) is 77.9 Å². The van der Waals surface area contributed by atoms with Crippen LogP contribution >= 0.6 is 0 Å². The maximum absolute atomic E-state index is 12.6. The molecule has 0 radical (unpaired) electrons. The van der Waals surface area contributed by atoms with Crippen molar-refractivity contribution >= 4 is 11.6 Å². The fraction of sp³-hybridized carbons (Fsp3) is 0.286. The first-order valence-corrected chi connectivity index (χ1v) is 8.53. The van der Waals surface area contributed by atoms with Gasteiger partial charge in [0.2, 0.25) is 0 Å². The Kier molecular flexibility index (Phi) is 7.23. The largest absolute Gasteiger partial charge is 0.396 e. The van der Waals surface area contributed by atoms with E-state index in [0.29, 0.717) is 18.5 Å². The van der Waals surface area contributed by atoms with Crippen LogP contribution in [-0.4, -0.2) is 31.2 Å². The molecule has 0 saturated heterocycles. The van der Waals surface area contributed by atoms with Crippen molar-refractivity contribution in [2.45, 2.75) is 19.4 Å². The Morgan fingerprint density at radius 3 is 2.64 bits per heavy atom. The quantitative estimate of drug-likeness (QED) is 0.691. The standard InChI is InChI=1S/C21H26N2O2/c1-3-13-22-21(25)19-15-17(10-7-14-24)11-12-20(19)23(2)16-18-8-5-4-6-9-18/h3-6,8-9,11-12,15,24H,1,7,10,13-14,16H2,2H3,(H,22,25). The lowest BCUT2D eigenvalue weighted by molar-refractivity contribution is 0.0958. The molecular formula is C21H26N2O2. The minimum atomic E-state index is -0.110. The van der Waals surface area contributed by atoms with E-state index >= 15 is 0 Å². The first-order chi connectivity index (χ1) is 12.2. The summed E-state index contributed by atoms with van der Waals surface area (Å²) in [7, 11) is 1.99. The Morgan fingerprint density at radius 2 is 1.96 bits per heavy atom. The third-order valence-corrected chi connectivity index (χ3v) is 4.01. The maximum Gasteiger partial charge on any atom is 0.253 e. The molecule has 4 nitrogen and oxygen atoms in total. The highest BCUT2D eigenvalue weighted by Crippen LogP contribution is 2.23. The van der Waals surface area contributed by atoms with Crippen LogP contribution in [0.25, 0.3) is 0 Å². The van der Waals surface area contributed by atoms with Gasteiger partial charge < -0.3 is 15.3 Å². The Balaban J connectivity index is 2.27. The van der Waals surface area contributed by atoms with Crippen LogP contribution < -0.4 is 10.2 Å². The van der Waals surface area contributed by atoms with Gasteiger partial charge in [0.25, 0.3) is 5.91 Å². The van der Waals surface area contributed by atoms with E-state index in [1.165, 1.54) is 5.56 Å². The van der Waals surface area contributed by atoms with E-state index in [1.54, 1.807) is 6.08 Å². The molecule has 0 spiro atoms. The number of nitrogens with zero attached hydrogens (tertiary/aromatic N) is 1. The molecule has 0 fully saturated rings. The van der Waals surface area contributed by atoms with E-state index in [2.05, 4.69) is 28.9 Å². The van der Waals surface area contributed by atoms with Crippen molar-refractivity contribution < 1.29 is 9.90 Å². The maximum atomic E-state index is 12.6. The first-order valence-electron chi connectivity index (χ1n) is 8.53. The minimum Gasteiger partial charge on any atom is -0.396 e. The Morgan fingerprint density at radius 1 is 1.20 bits per heavy atom. The van der Waals surface area contributed by atoms with Gasteiger partial charge in [0.15, 0.2) is 0 Å². The van der Waals surface area contributed by atoms with Gasteiger partial charge in [0.05, 0.1) is 5.56 Å². The van der Waals surface area contributed by atoms with Crippen LogP contribution in [0.1, 0.15) is 27.9 Å². The first kappa shape index (κ1) is 18.7. The predicted molar refractivity (Wildman–Crippen MR) is 103 cm³/mol. The highest BCUT2D eigenvalue weighted by Gasteiger charge is 2.15. The van der Waals surface area contributed by atoms with Crippen molar-refractivity contribution in [2.75, 3.05) is 25.1 Å². The lowest BCUT2D eigenvalue weighted by Crippen LogP contribution is -2.27. The van der Waals surface area contributed by atoms with E-state index in [1.807, 2.05) is 43.4 Å². The van der Waals surface area contributed by atoms with Gasteiger partial charge in [-0.15, -0.1) is 6.58 Å². The normalized spacial score (nSPS) is 10.3. The monoisotopic (exact) mass is 338 g/mol. The molecule has 2 N–H and O–H groups in total. The molecule has 0 bridgehead atoms. The van der Waals surface area contributed by atoms with Crippen molar-refractivity contribution in [1.29, 1.82) is 0 Å². The number of anilines is 1. The zero-order chi connectivity index (χ0) is 18.1. The molecule has 0 aliphatic rings. The molecule has 0 saturated carbocycles. The molecule has 2 rings (SSSR count). The Hall–Kier alpha value is -2.59. The smallest absolute Gasteiger partial charge is 0.253 e. The van der Waals surface area contributed by atoms with E-state index in [-0.39, 0.29) is 12.5 Å². The van der Waals surface area contributed by atoms with Gasteiger partial charge in [-0.05, 0) is 36.1 Å². The number of rotatable bonds is 9. The molecule has 0 aliphatic carbocycles. The minimum absolute atomic E-state index is 0.110. The Labute approximate surface area is 149 Å². The van der Waals surface area contributed by atoms with Crippen molar-refractivity contribution in [3.8, 4) is 0 Å². The Bertz CT molecular complexity index is 698. The average molecular weight is 338 g/mol. The summed E-state index contributed by atoms with van der Waals surface area (Å²) >= 11 is 0. The van der Waals surface area contributed by atoms with Gasteiger partial charge in [-0.3, -0.25) is 4.79 Å². The summed E-state index contributed by atoms with van der Waals surface area (Å²) in [6.45, 7) is 4.94. The van der Waals surface area contributed by atoms with E-state index in [4.69, 9.17) is 5.11 Å². The molecular weight excluding hydrogens is 312 g/mol. The summed E-state index contributed by atoms with van der Waals surface area (Å²) < 4.78 is 0. The van der Waals surface area contributed by atoms with Crippen LogP contribution in [-0.2, 0) is 13.0 Å². The number of hydrogen-bond donors (Lipinski definition) is 2. The summed E-state index contributed by atoms with van der Waals surface area (Å²) in [5.74, 6) is -0.110. The number of hydrogen-bond acceptors (Lipinski definition) is 3. The zero-order valence-electron chi connectivity index (χ0n) is 14.7. The predicted octanol–water partition coefficient (Wildman–Crippen LogP) is 3.16. The SMILES string of the molecule is C=CCNC(=O)c1cc(CCCO)ccc1N(C)Cc1ccccc1. The summed E-state index contributed by atoms with van der Waals surface area (Å²) in [6, 6.07) is 16.1. The molecule has 132 valence electrons. The van der Waals surface area contributed by atoms with Crippen LogP contribution in [0.15, 0.2) is 61.2 Å². The van der Waals surface area contributed by atoms with Gasteiger partial charge in [-0.1, -0.05) is 42.5 Å². The number of aliphatic hydroxyl groups excluding tert-OH is 1. The fourth-order valence-electron chi connectivity index (χ4n) is 2.74. The van der Waals surface area contributed by atoms with E-state index in [0.717, 1.165) is 24.2 Å². The van der Waals surface area contributed by atoms with Gasteiger partial charge in [-0.2, -0.15) is 0 Å². The van der Waals surface area contributed by atoms with Crippen molar-refractivity contribution in [3.63, 3.8) is 0 Å². The van der Waals surface area contributed by atoms with Gasteiger partial charge in [-0.25, -0.2) is 0 Å². The average Bonchev–Trinajstić information content (AvgIpc) is 2.65. The van der Waals surface area contributed by atoms with E-state index in [9.17, 15) is 4.79 Å². The lowest BCUT2D eigenvalue weighted by atomic mass is 10.0. The molecule has 2 aromatic rings. The lowest BCUT2D eigenvalue weighted by Gasteiger charge is -2.23. The van der Waals surface area contributed by atoms with Crippen LogP contribution in [0.2, 0.25) is 0 Å². The second-order valence-electron chi connectivity index (χ2n) is 6.02. The fourth-order valence-corrected chi connectivity index (χ4v) is 2.74.